The van der Waals surface area contributed by atoms with Crippen LogP contribution in [0, 0.1) is 0 Å². The van der Waals surface area contributed by atoms with Crippen LogP contribution in [0.5, 0.6) is 0 Å². The highest BCUT2D eigenvalue weighted by molar-refractivity contribution is 7.94. The summed E-state index contributed by atoms with van der Waals surface area (Å²) >= 11 is 5.68. The van der Waals surface area contributed by atoms with Crippen molar-refractivity contribution in [2.24, 2.45) is 0 Å². The van der Waals surface area contributed by atoms with E-state index in [1.807, 2.05) is 0 Å². The SMILES string of the molecule is O=C(O)c1ccc(Cl)nc1NC1C=CS(=O)(=O)C1. The fourth-order valence-corrected chi connectivity index (χ4v) is 2.94. The topological polar surface area (TPSA) is 96.4 Å². The van der Waals surface area contributed by atoms with Crippen LogP contribution >= 0.6 is 11.6 Å². The number of hydrogen-bond donors (Lipinski definition) is 2. The minimum absolute atomic E-state index is 0.0572. The molecule has 0 saturated carbocycles. The molecule has 1 aromatic rings. The van der Waals surface area contributed by atoms with Gasteiger partial charge in [0.25, 0.3) is 0 Å². The maximum absolute atomic E-state index is 11.2. The molecule has 0 spiro atoms. The Labute approximate surface area is 108 Å². The molecule has 0 aliphatic carbocycles. The van der Waals surface area contributed by atoms with E-state index in [-0.39, 0.29) is 22.3 Å². The van der Waals surface area contributed by atoms with Crippen LogP contribution in [-0.4, -0.2) is 36.3 Å². The molecule has 2 heterocycles. The Morgan fingerprint density at radius 1 is 1.50 bits per heavy atom. The van der Waals surface area contributed by atoms with Gasteiger partial charge in [0, 0.05) is 5.41 Å². The lowest BCUT2D eigenvalue weighted by atomic mass is 10.2. The van der Waals surface area contributed by atoms with Gasteiger partial charge in [-0.15, -0.1) is 0 Å². The van der Waals surface area contributed by atoms with Crippen LogP contribution in [0.3, 0.4) is 0 Å². The standard InChI is InChI=1S/C10H9ClN2O4S/c11-8-2-1-7(10(14)15)9(13-8)12-6-3-4-18(16,17)5-6/h1-4,6H,5H2,(H,12,13)(H,14,15). The number of aromatic carboxylic acids is 1. The van der Waals surface area contributed by atoms with Crippen molar-refractivity contribution in [3.63, 3.8) is 0 Å². The predicted octanol–water partition coefficient (Wildman–Crippen LogP) is 1.16. The molecule has 6 nitrogen and oxygen atoms in total. The Morgan fingerprint density at radius 2 is 2.22 bits per heavy atom. The number of hydrogen-bond acceptors (Lipinski definition) is 5. The molecule has 1 aromatic heterocycles. The fraction of sp³-hybridized carbons (Fsp3) is 0.200. The molecule has 0 radical (unpaired) electrons. The molecule has 1 aliphatic rings. The molecule has 1 aliphatic heterocycles. The lowest BCUT2D eigenvalue weighted by molar-refractivity contribution is 0.0697. The summed E-state index contributed by atoms with van der Waals surface area (Å²) in [4.78, 5) is 14.8. The maximum atomic E-state index is 11.2. The second-order valence-electron chi connectivity index (χ2n) is 3.74. The van der Waals surface area contributed by atoms with Crippen molar-refractivity contribution in [1.29, 1.82) is 0 Å². The third-order valence-electron chi connectivity index (χ3n) is 2.34. The number of carboxylic acids is 1. The highest BCUT2D eigenvalue weighted by Gasteiger charge is 2.23. The average Bonchev–Trinajstić information content (AvgIpc) is 2.57. The summed E-state index contributed by atoms with van der Waals surface area (Å²) in [6.45, 7) is 0. The van der Waals surface area contributed by atoms with E-state index >= 15 is 0 Å². The second kappa shape index (κ2) is 4.58. The summed E-state index contributed by atoms with van der Waals surface area (Å²) in [6, 6.07) is 2.17. The molecule has 1 unspecified atom stereocenters. The predicted molar refractivity (Wildman–Crippen MR) is 66.5 cm³/mol. The van der Waals surface area contributed by atoms with E-state index in [4.69, 9.17) is 16.7 Å². The van der Waals surface area contributed by atoms with E-state index in [0.29, 0.717) is 0 Å². The number of pyridine rings is 1. The van der Waals surface area contributed by atoms with E-state index in [2.05, 4.69) is 10.3 Å². The molecule has 0 bridgehead atoms. The number of nitrogens with one attached hydrogen (secondary N) is 1. The molecule has 2 N–H and O–H groups in total. The normalized spacial score (nSPS) is 20.8. The van der Waals surface area contributed by atoms with Crippen molar-refractivity contribution in [2.75, 3.05) is 11.1 Å². The quantitative estimate of drug-likeness (QED) is 0.810. The number of anilines is 1. The van der Waals surface area contributed by atoms with Gasteiger partial charge in [0.05, 0.1) is 11.8 Å². The Hall–Kier alpha value is -1.60. The van der Waals surface area contributed by atoms with E-state index < -0.39 is 21.8 Å². The van der Waals surface area contributed by atoms with Crippen molar-refractivity contribution in [3.8, 4) is 0 Å². The van der Waals surface area contributed by atoms with Gasteiger partial charge in [-0.25, -0.2) is 18.2 Å². The zero-order chi connectivity index (χ0) is 13.3. The molecule has 2 rings (SSSR count). The van der Waals surface area contributed by atoms with Crippen molar-refractivity contribution in [1.82, 2.24) is 4.98 Å². The highest BCUT2D eigenvalue weighted by Crippen LogP contribution is 2.20. The van der Waals surface area contributed by atoms with Gasteiger partial charge in [0.15, 0.2) is 9.84 Å². The smallest absolute Gasteiger partial charge is 0.339 e. The van der Waals surface area contributed by atoms with Gasteiger partial charge >= 0.3 is 5.97 Å². The fourth-order valence-electron chi connectivity index (χ4n) is 1.56. The van der Waals surface area contributed by atoms with Crippen LogP contribution in [0.15, 0.2) is 23.6 Å². The van der Waals surface area contributed by atoms with Gasteiger partial charge in [-0.2, -0.15) is 0 Å². The largest absolute Gasteiger partial charge is 0.478 e. The number of carbonyl (C=O) groups is 1. The number of rotatable bonds is 3. The van der Waals surface area contributed by atoms with Crippen LogP contribution in [0.1, 0.15) is 10.4 Å². The first-order chi connectivity index (χ1) is 8.37. The molecule has 8 heteroatoms. The Kier molecular flexibility index (Phi) is 3.27. The number of aromatic nitrogens is 1. The first-order valence-corrected chi connectivity index (χ1v) is 7.04. The minimum atomic E-state index is -3.21. The van der Waals surface area contributed by atoms with Crippen LogP contribution in [0.25, 0.3) is 0 Å². The molecule has 18 heavy (non-hydrogen) atoms. The van der Waals surface area contributed by atoms with Crippen molar-refractivity contribution in [2.45, 2.75) is 6.04 Å². The van der Waals surface area contributed by atoms with Gasteiger partial charge in [0.1, 0.15) is 16.5 Å². The Morgan fingerprint density at radius 3 is 2.78 bits per heavy atom. The van der Waals surface area contributed by atoms with E-state index in [1.54, 1.807) is 0 Å². The monoisotopic (exact) mass is 288 g/mol. The number of nitrogens with zero attached hydrogens (tertiary/aromatic N) is 1. The average molecular weight is 289 g/mol. The molecule has 0 aromatic carbocycles. The van der Waals surface area contributed by atoms with Crippen LogP contribution in [0.4, 0.5) is 5.82 Å². The molecule has 0 saturated heterocycles. The van der Waals surface area contributed by atoms with E-state index in [1.165, 1.54) is 18.2 Å². The third kappa shape index (κ3) is 2.80. The summed E-state index contributed by atoms with van der Waals surface area (Å²) in [6.07, 6.45) is 1.45. The van der Waals surface area contributed by atoms with Crippen molar-refractivity contribution < 1.29 is 18.3 Å². The summed E-state index contributed by atoms with van der Waals surface area (Å²) < 4.78 is 22.5. The van der Waals surface area contributed by atoms with Crippen LogP contribution < -0.4 is 5.32 Å². The molecule has 0 fully saturated rings. The van der Waals surface area contributed by atoms with Crippen LogP contribution in [-0.2, 0) is 9.84 Å². The van der Waals surface area contributed by atoms with Crippen LogP contribution in [0.2, 0.25) is 5.15 Å². The third-order valence-corrected chi connectivity index (χ3v) is 3.95. The van der Waals surface area contributed by atoms with Gasteiger partial charge in [0.2, 0.25) is 0 Å². The minimum Gasteiger partial charge on any atom is -0.478 e. The number of sulfone groups is 1. The lowest BCUT2D eigenvalue weighted by Crippen LogP contribution is -2.23. The Bertz CT molecular complexity index is 627. The number of carboxylic acid groups (broad SMARTS) is 1. The highest BCUT2D eigenvalue weighted by atomic mass is 35.5. The van der Waals surface area contributed by atoms with Gasteiger partial charge in [-0.3, -0.25) is 0 Å². The van der Waals surface area contributed by atoms with Gasteiger partial charge in [-0.05, 0) is 18.2 Å². The molecular formula is C10H9ClN2O4S. The number of halogens is 1. The zero-order valence-electron chi connectivity index (χ0n) is 9.00. The van der Waals surface area contributed by atoms with Gasteiger partial charge < -0.3 is 10.4 Å². The molecule has 1 atom stereocenters. The summed E-state index contributed by atoms with van der Waals surface area (Å²) in [5.41, 5.74) is -0.0582. The summed E-state index contributed by atoms with van der Waals surface area (Å²) in [5, 5.41) is 12.9. The van der Waals surface area contributed by atoms with Gasteiger partial charge in [-0.1, -0.05) is 11.6 Å². The molecule has 0 amide bonds. The first kappa shape index (κ1) is 12.8. The first-order valence-electron chi connectivity index (χ1n) is 4.95. The lowest BCUT2D eigenvalue weighted by Gasteiger charge is -2.12. The summed E-state index contributed by atoms with van der Waals surface area (Å²) in [5.74, 6) is -1.23. The molecule has 96 valence electrons. The second-order valence-corrected chi connectivity index (χ2v) is 6.06. The van der Waals surface area contributed by atoms with E-state index in [0.717, 1.165) is 5.41 Å². The van der Waals surface area contributed by atoms with Crippen molar-refractivity contribution in [3.05, 3.63) is 34.3 Å². The van der Waals surface area contributed by atoms with E-state index in [9.17, 15) is 13.2 Å². The van der Waals surface area contributed by atoms with Crippen molar-refractivity contribution >= 4 is 33.2 Å². The Balaban J connectivity index is 2.27. The summed E-state index contributed by atoms with van der Waals surface area (Å²) in [7, 11) is -3.21. The zero-order valence-corrected chi connectivity index (χ0v) is 10.6. The maximum Gasteiger partial charge on any atom is 0.339 e. The molecular weight excluding hydrogens is 280 g/mol.